The summed E-state index contributed by atoms with van der Waals surface area (Å²) in [5.41, 5.74) is 1.80. The van der Waals surface area contributed by atoms with Gasteiger partial charge in [-0.1, -0.05) is 43.2 Å². The van der Waals surface area contributed by atoms with E-state index in [0.717, 1.165) is 37.1 Å². The van der Waals surface area contributed by atoms with Gasteiger partial charge in [0.15, 0.2) is 5.43 Å². The van der Waals surface area contributed by atoms with E-state index in [2.05, 4.69) is 31.1 Å². The summed E-state index contributed by atoms with van der Waals surface area (Å²) < 4.78 is 12.4. The Balaban J connectivity index is 1.61. The second kappa shape index (κ2) is 8.83. The van der Waals surface area contributed by atoms with Crippen LogP contribution in [0.1, 0.15) is 55.4 Å². The predicted octanol–water partition coefficient (Wildman–Crippen LogP) is 5.52. The molecule has 0 N–H and O–H groups in total. The van der Waals surface area contributed by atoms with Crippen molar-refractivity contribution in [2.75, 3.05) is 20.6 Å². The van der Waals surface area contributed by atoms with E-state index in [1.807, 2.05) is 36.4 Å². The number of rotatable bonds is 7. The highest BCUT2D eigenvalue weighted by Gasteiger charge is 2.21. The van der Waals surface area contributed by atoms with Crippen LogP contribution in [0.4, 0.5) is 0 Å². The third-order valence-electron chi connectivity index (χ3n) is 5.76. The summed E-state index contributed by atoms with van der Waals surface area (Å²) in [6.45, 7) is 0.917. The summed E-state index contributed by atoms with van der Waals surface area (Å²) in [5, 5.41) is 0.587. The number of benzene rings is 2. The van der Waals surface area contributed by atoms with Crippen LogP contribution in [0.2, 0.25) is 0 Å². The summed E-state index contributed by atoms with van der Waals surface area (Å²) in [5.74, 6) is 1.92. The number of ether oxygens (including phenoxy) is 1. The van der Waals surface area contributed by atoms with E-state index < -0.39 is 0 Å². The molecule has 1 atom stereocenters. The highest BCUT2D eigenvalue weighted by Crippen LogP contribution is 2.35. The van der Waals surface area contributed by atoms with Crippen molar-refractivity contribution in [3.05, 3.63) is 76.1 Å². The highest BCUT2D eigenvalue weighted by atomic mass is 16.5. The second-order valence-electron chi connectivity index (χ2n) is 8.26. The minimum atomic E-state index is -0.0687. The van der Waals surface area contributed by atoms with Crippen LogP contribution in [0.25, 0.3) is 11.0 Å². The van der Waals surface area contributed by atoms with Crippen LogP contribution in [-0.4, -0.2) is 25.5 Å². The summed E-state index contributed by atoms with van der Waals surface area (Å²) in [7, 11) is 4.12. The average molecular weight is 392 g/mol. The van der Waals surface area contributed by atoms with Gasteiger partial charge >= 0.3 is 0 Å². The van der Waals surface area contributed by atoms with E-state index in [4.69, 9.17) is 9.15 Å². The molecule has 4 heteroatoms. The Morgan fingerprint density at radius 1 is 1.07 bits per heavy atom. The Hall–Kier alpha value is -2.59. The van der Waals surface area contributed by atoms with Gasteiger partial charge in [0.25, 0.3) is 0 Å². The molecule has 1 fully saturated rings. The fourth-order valence-corrected chi connectivity index (χ4v) is 4.14. The van der Waals surface area contributed by atoms with Gasteiger partial charge in [0, 0.05) is 24.9 Å². The Labute approximate surface area is 172 Å². The van der Waals surface area contributed by atoms with Gasteiger partial charge in [-0.25, -0.2) is 0 Å². The standard InChI is InChI=1S/C25H29NO3/c1-26(2)15-14-23(18-8-4-3-5-9-18)28-20-12-13-24-21(16-20)22(27)17-25(29-24)19-10-6-7-11-19/h3-5,8-9,12-13,16-17,19,23H,6-7,10-11,14-15H2,1-2H3. The summed E-state index contributed by atoms with van der Waals surface area (Å²) in [4.78, 5) is 14.9. The summed E-state index contributed by atoms with van der Waals surface area (Å²) in [6.07, 6.45) is 5.45. The van der Waals surface area contributed by atoms with Crippen molar-refractivity contribution < 1.29 is 9.15 Å². The number of nitrogens with zero attached hydrogens (tertiary/aromatic N) is 1. The quantitative estimate of drug-likeness (QED) is 0.532. The predicted molar refractivity (Wildman–Crippen MR) is 117 cm³/mol. The number of hydrogen-bond donors (Lipinski definition) is 0. The van der Waals surface area contributed by atoms with Gasteiger partial charge in [-0.2, -0.15) is 0 Å². The van der Waals surface area contributed by atoms with Crippen LogP contribution >= 0.6 is 0 Å². The number of fused-ring (bicyclic) bond motifs is 1. The fourth-order valence-electron chi connectivity index (χ4n) is 4.14. The lowest BCUT2D eigenvalue weighted by atomic mass is 10.0. The average Bonchev–Trinajstić information content (AvgIpc) is 3.27. The van der Waals surface area contributed by atoms with Crippen molar-refractivity contribution in [1.29, 1.82) is 0 Å². The van der Waals surface area contributed by atoms with E-state index in [1.54, 1.807) is 6.07 Å². The van der Waals surface area contributed by atoms with Crippen molar-refractivity contribution in [2.24, 2.45) is 0 Å². The van der Waals surface area contributed by atoms with Crippen molar-refractivity contribution >= 4 is 11.0 Å². The molecule has 2 aromatic carbocycles. The monoisotopic (exact) mass is 391 g/mol. The van der Waals surface area contributed by atoms with Crippen LogP contribution in [0.15, 0.2) is 63.8 Å². The maximum absolute atomic E-state index is 12.8. The van der Waals surface area contributed by atoms with E-state index in [-0.39, 0.29) is 11.5 Å². The zero-order valence-corrected chi connectivity index (χ0v) is 17.3. The molecule has 1 saturated carbocycles. The Morgan fingerprint density at radius 2 is 1.83 bits per heavy atom. The third-order valence-corrected chi connectivity index (χ3v) is 5.76. The van der Waals surface area contributed by atoms with Crippen molar-refractivity contribution in [2.45, 2.75) is 44.1 Å². The van der Waals surface area contributed by atoms with Crippen LogP contribution in [0.3, 0.4) is 0 Å². The lowest BCUT2D eigenvalue weighted by Gasteiger charge is -2.21. The van der Waals surface area contributed by atoms with Gasteiger partial charge in [-0.05, 0) is 50.7 Å². The van der Waals surface area contributed by atoms with Crippen LogP contribution in [0.5, 0.6) is 5.75 Å². The zero-order valence-electron chi connectivity index (χ0n) is 17.3. The highest BCUT2D eigenvalue weighted by molar-refractivity contribution is 5.78. The lowest BCUT2D eigenvalue weighted by Crippen LogP contribution is -2.18. The maximum Gasteiger partial charge on any atom is 0.193 e. The molecule has 1 heterocycles. The van der Waals surface area contributed by atoms with E-state index in [0.29, 0.717) is 22.6 Å². The molecule has 0 spiro atoms. The van der Waals surface area contributed by atoms with Gasteiger partial charge in [-0.15, -0.1) is 0 Å². The molecular weight excluding hydrogens is 362 g/mol. The molecular formula is C25H29NO3. The van der Waals surface area contributed by atoms with Crippen molar-refractivity contribution in [3.63, 3.8) is 0 Å². The van der Waals surface area contributed by atoms with Crippen molar-refractivity contribution in [3.8, 4) is 5.75 Å². The molecule has 1 aliphatic rings. The second-order valence-corrected chi connectivity index (χ2v) is 8.26. The lowest BCUT2D eigenvalue weighted by molar-refractivity contribution is 0.179. The van der Waals surface area contributed by atoms with Crippen LogP contribution in [0, 0.1) is 0 Å². The molecule has 4 nitrogen and oxygen atoms in total. The molecule has 3 aromatic rings. The first-order chi connectivity index (χ1) is 14.1. The Kier molecular flexibility index (Phi) is 6.00. The van der Waals surface area contributed by atoms with Crippen molar-refractivity contribution in [1.82, 2.24) is 4.90 Å². The van der Waals surface area contributed by atoms with Gasteiger partial charge in [0.05, 0.1) is 5.39 Å². The van der Waals surface area contributed by atoms with E-state index in [9.17, 15) is 4.79 Å². The van der Waals surface area contributed by atoms with Gasteiger partial charge in [0.2, 0.25) is 0 Å². The number of hydrogen-bond acceptors (Lipinski definition) is 4. The third kappa shape index (κ3) is 4.70. The Morgan fingerprint density at radius 3 is 2.55 bits per heavy atom. The first kappa shape index (κ1) is 19.7. The minimum Gasteiger partial charge on any atom is -0.486 e. The first-order valence-corrected chi connectivity index (χ1v) is 10.5. The van der Waals surface area contributed by atoms with E-state index in [1.165, 1.54) is 12.8 Å². The molecule has 0 aliphatic heterocycles. The SMILES string of the molecule is CN(C)CCC(Oc1ccc2oc(C3CCCC3)cc(=O)c2c1)c1ccccc1. The molecule has 0 saturated heterocycles. The molecule has 1 aliphatic carbocycles. The molecule has 1 aromatic heterocycles. The fraction of sp³-hybridized carbons (Fsp3) is 0.400. The topological polar surface area (TPSA) is 42.7 Å². The molecule has 152 valence electrons. The zero-order chi connectivity index (χ0) is 20.2. The molecule has 4 rings (SSSR count). The Bertz CT molecular complexity index is 1000. The molecule has 0 amide bonds. The molecule has 0 radical (unpaired) electrons. The normalized spacial score (nSPS) is 15.8. The summed E-state index contributed by atoms with van der Waals surface area (Å²) >= 11 is 0. The van der Waals surface area contributed by atoms with Gasteiger partial charge < -0.3 is 14.1 Å². The maximum atomic E-state index is 12.8. The molecule has 1 unspecified atom stereocenters. The largest absolute Gasteiger partial charge is 0.486 e. The smallest absolute Gasteiger partial charge is 0.193 e. The van der Waals surface area contributed by atoms with E-state index >= 15 is 0 Å². The van der Waals surface area contributed by atoms with Gasteiger partial charge in [0.1, 0.15) is 23.2 Å². The van der Waals surface area contributed by atoms with Crippen LogP contribution < -0.4 is 10.2 Å². The van der Waals surface area contributed by atoms with Gasteiger partial charge in [-0.3, -0.25) is 4.79 Å². The molecule has 0 bridgehead atoms. The summed E-state index contributed by atoms with van der Waals surface area (Å²) in [6, 6.07) is 17.5. The first-order valence-electron chi connectivity index (χ1n) is 10.5. The minimum absolute atomic E-state index is 0.0168. The molecule has 29 heavy (non-hydrogen) atoms. The van der Waals surface area contributed by atoms with Crippen LogP contribution in [-0.2, 0) is 0 Å².